The van der Waals surface area contributed by atoms with Gasteiger partial charge in [-0.1, -0.05) is 25.1 Å². The molecule has 86 valence electrons. The number of ether oxygens (including phenoxy) is 1. The van der Waals surface area contributed by atoms with Gasteiger partial charge in [-0.3, -0.25) is 4.79 Å². The van der Waals surface area contributed by atoms with E-state index in [0.717, 1.165) is 0 Å². The highest BCUT2D eigenvalue weighted by Gasteiger charge is 2.03. The van der Waals surface area contributed by atoms with Crippen LogP contribution in [0.2, 0.25) is 0 Å². The molecule has 0 atom stereocenters. The molecule has 1 aromatic rings. The molecule has 1 N–H and O–H groups in total. The highest BCUT2D eigenvalue weighted by molar-refractivity contribution is 5.94. The van der Waals surface area contributed by atoms with E-state index in [-0.39, 0.29) is 5.91 Å². The highest BCUT2D eigenvalue weighted by Crippen LogP contribution is 1.98. The summed E-state index contributed by atoms with van der Waals surface area (Å²) in [6.07, 6.45) is 0.656. The van der Waals surface area contributed by atoms with Crippen LogP contribution in [0.15, 0.2) is 35.4 Å². The molecule has 0 spiro atoms. The lowest BCUT2D eigenvalue weighted by molar-refractivity contribution is 0.0953. The van der Waals surface area contributed by atoms with Crippen molar-refractivity contribution < 1.29 is 9.53 Å². The molecule has 0 aliphatic rings. The zero-order valence-corrected chi connectivity index (χ0v) is 9.56. The molecule has 0 aliphatic carbocycles. The first-order chi connectivity index (χ1) is 7.77. The van der Waals surface area contributed by atoms with Gasteiger partial charge in [-0.15, -0.1) is 5.10 Å². The molecule has 1 rings (SSSR count). The van der Waals surface area contributed by atoms with Crippen molar-refractivity contribution in [2.75, 3.05) is 6.61 Å². The minimum atomic E-state index is -0.230. The monoisotopic (exact) mass is 220 g/mol. The van der Waals surface area contributed by atoms with Crippen molar-refractivity contribution >= 4 is 11.8 Å². The largest absolute Gasteiger partial charge is 0.480 e. The van der Waals surface area contributed by atoms with Gasteiger partial charge >= 0.3 is 0 Å². The molecule has 4 nitrogen and oxygen atoms in total. The Morgan fingerprint density at radius 2 is 2.00 bits per heavy atom. The molecule has 0 heterocycles. The summed E-state index contributed by atoms with van der Waals surface area (Å²) in [6, 6.07) is 8.94. The molecule has 16 heavy (non-hydrogen) atoms. The first kappa shape index (κ1) is 12.2. The summed E-state index contributed by atoms with van der Waals surface area (Å²) < 4.78 is 5.21. The zero-order chi connectivity index (χ0) is 11.8. The second-order valence-electron chi connectivity index (χ2n) is 3.10. The summed E-state index contributed by atoms with van der Waals surface area (Å²) >= 11 is 0. The number of amides is 1. The summed E-state index contributed by atoms with van der Waals surface area (Å²) in [4.78, 5) is 11.6. The number of hydrogen-bond donors (Lipinski definition) is 1. The molecule has 0 saturated carbocycles. The number of hydrazone groups is 1. The minimum Gasteiger partial charge on any atom is -0.480 e. The Bertz CT molecular complexity index is 361. The molecule has 0 radical (unpaired) electrons. The van der Waals surface area contributed by atoms with Crippen LogP contribution in [0.5, 0.6) is 0 Å². The van der Waals surface area contributed by atoms with Crippen molar-refractivity contribution in [2.45, 2.75) is 20.3 Å². The number of nitrogens with one attached hydrogen (secondary N) is 1. The number of hydrogen-bond acceptors (Lipinski definition) is 3. The predicted molar refractivity (Wildman–Crippen MR) is 63.3 cm³/mol. The van der Waals surface area contributed by atoms with E-state index in [1.807, 2.05) is 32.0 Å². The molecule has 1 aromatic carbocycles. The molecule has 1 amide bonds. The number of rotatable bonds is 4. The third-order valence-electron chi connectivity index (χ3n) is 1.93. The fourth-order valence-electron chi connectivity index (χ4n) is 1.15. The van der Waals surface area contributed by atoms with E-state index in [2.05, 4.69) is 10.5 Å². The van der Waals surface area contributed by atoms with Crippen LogP contribution in [0, 0.1) is 0 Å². The van der Waals surface area contributed by atoms with Crippen molar-refractivity contribution in [2.24, 2.45) is 5.10 Å². The Labute approximate surface area is 95.3 Å². The fraction of sp³-hybridized carbons (Fsp3) is 0.333. The second kappa shape index (κ2) is 6.61. The maximum atomic E-state index is 11.6. The van der Waals surface area contributed by atoms with Gasteiger partial charge in [0.1, 0.15) is 0 Å². The van der Waals surface area contributed by atoms with Crippen LogP contribution in [-0.2, 0) is 4.74 Å². The quantitative estimate of drug-likeness (QED) is 0.480. The molecule has 4 heteroatoms. The van der Waals surface area contributed by atoms with Crippen molar-refractivity contribution in [3.05, 3.63) is 35.9 Å². The molecule has 0 unspecified atom stereocenters. The van der Waals surface area contributed by atoms with Gasteiger partial charge in [0.15, 0.2) is 0 Å². The second-order valence-corrected chi connectivity index (χ2v) is 3.10. The van der Waals surface area contributed by atoms with Crippen molar-refractivity contribution in [3.63, 3.8) is 0 Å². The molecular weight excluding hydrogens is 204 g/mol. The fourth-order valence-corrected chi connectivity index (χ4v) is 1.15. The van der Waals surface area contributed by atoms with Gasteiger partial charge in [0.05, 0.1) is 6.61 Å². The molecule has 0 fully saturated rings. The number of carbonyl (C=O) groups excluding carboxylic acids is 1. The van der Waals surface area contributed by atoms with E-state index in [9.17, 15) is 4.79 Å². The first-order valence-electron chi connectivity index (χ1n) is 5.32. The average Bonchev–Trinajstić information content (AvgIpc) is 2.35. The van der Waals surface area contributed by atoms with E-state index in [0.29, 0.717) is 24.5 Å². The Balaban J connectivity index is 2.58. The summed E-state index contributed by atoms with van der Waals surface area (Å²) in [5.74, 6) is 0.304. The minimum absolute atomic E-state index is 0.230. The van der Waals surface area contributed by atoms with Gasteiger partial charge in [0.2, 0.25) is 5.90 Å². The van der Waals surface area contributed by atoms with Gasteiger partial charge in [0.25, 0.3) is 5.91 Å². The molecule has 0 saturated heterocycles. The number of benzene rings is 1. The van der Waals surface area contributed by atoms with Crippen LogP contribution < -0.4 is 5.43 Å². The number of carbonyl (C=O) groups is 1. The van der Waals surface area contributed by atoms with Crippen molar-refractivity contribution in [1.82, 2.24) is 5.43 Å². The van der Waals surface area contributed by atoms with E-state index < -0.39 is 0 Å². The zero-order valence-electron chi connectivity index (χ0n) is 9.56. The van der Waals surface area contributed by atoms with E-state index >= 15 is 0 Å². The smallest absolute Gasteiger partial charge is 0.271 e. The average molecular weight is 220 g/mol. The third kappa shape index (κ3) is 3.73. The van der Waals surface area contributed by atoms with Crippen LogP contribution in [0.3, 0.4) is 0 Å². The van der Waals surface area contributed by atoms with Crippen molar-refractivity contribution in [3.8, 4) is 0 Å². The first-order valence-corrected chi connectivity index (χ1v) is 5.32. The number of nitrogens with zero attached hydrogens (tertiary/aromatic N) is 1. The predicted octanol–water partition coefficient (Wildman–Crippen LogP) is 2.18. The molecule has 0 aromatic heterocycles. The maximum absolute atomic E-state index is 11.6. The van der Waals surface area contributed by atoms with E-state index in [4.69, 9.17) is 4.74 Å². The molecule has 0 bridgehead atoms. The summed E-state index contributed by atoms with van der Waals surface area (Å²) in [5, 5.41) is 3.90. The summed E-state index contributed by atoms with van der Waals surface area (Å²) in [6.45, 7) is 4.35. The van der Waals surface area contributed by atoms with Gasteiger partial charge < -0.3 is 4.74 Å². The summed E-state index contributed by atoms with van der Waals surface area (Å²) in [7, 11) is 0. The maximum Gasteiger partial charge on any atom is 0.271 e. The topological polar surface area (TPSA) is 50.7 Å². The Hall–Kier alpha value is -1.84. The highest BCUT2D eigenvalue weighted by atomic mass is 16.5. The van der Waals surface area contributed by atoms with Crippen molar-refractivity contribution in [1.29, 1.82) is 0 Å². The lowest BCUT2D eigenvalue weighted by atomic mass is 10.2. The lowest BCUT2D eigenvalue weighted by Crippen LogP contribution is -2.20. The van der Waals surface area contributed by atoms with Gasteiger partial charge in [-0.05, 0) is 19.1 Å². The SMILES string of the molecule is CCO/C(CC)=N\NC(=O)c1ccccc1. The van der Waals surface area contributed by atoms with Crippen LogP contribution in [0.25, 0.3) is 0 Å². The van der Waals surface area contributed by atoms with E-state index in [1.165, 1.54) is 0 Å². The Kier molecular flexibility index (Phi) is 5.05. The van der Waals surface area contributed by atoms with Gasteiger partial charge in [0, 0.05) is 12.0 Å². The third-order valence-corrected chi connectivity index (χ3v) is 1.93. The van der Waals surface area contributed by atoms with E-state index in [1.54, 1.807) is 12.1 Å². The lowest BCUT2D eigenvalue weighted by Gasteiger charge is -2.05. The normalized spacial score (nSPS) is 11.0. The van der Waals surface area contributed by atoms with Crippen LogP contribution >= 0.6 is 0 Å². The van der Waals surface area contributed by atoms with Crippen LogP contribution in [0.1, 0.15) is 30.6 Å². The van der Waals surface area contributed by atoms with Gasteiger partial charge in [-0.2, -0.15) is 0 Å². The molecular formula is C12H16N2O2. The standard InChI is InChI=1S/C12H16N2O2/c1-3-11(16-4-2)13-14-12(15)10-8-6-5-7-9-10/h5-9H,3-4H2,1-2H3,(H,14,15)/b13-11-. The van der Waals surface area contributed by atoms with Gasteiger partial charge in [-0.25, -0.2) is 5.43 Å². The summed E-state index contributed by atoms with van der Waals surface area (Å²) in [5.41, 5.74) is 3.04. The Morgan fingerprint density at radius 3 is 2.56 bits per heavy atom. The Morgan fingerprint density at radius 1 is 1.31 bits per heavy atom. The van der Waals surface area contributed by atoms with Crippen LogP contribution in [0.4, 0.5) is 0 Å². The van der Waals surface area contributed by atoms with Crippen LogP contribution in [-0.4, -0.2) is 18.4 Å². The molecule has 0 aliphatic heterocycles.